The van der Waals surface area contributed by atoms with Gasteiger partial charge in [-0.2, -0.15) is 0 Å². The largest absolute Gasteiger partial charge is 0.466 e. The first-order valence-electron chi connectivity index (χ1n) is 12.9. The van der Waals surface area contributed by atoms with Crippen molar-refractivity contribution in [2.75, 3.05) is 19.8 Å². The van der Waals surface area contributed by atoms with Gasteiger partial charge in [0.15, 0.2) is 0 Å². The second-order valence-electron chi connectivity index (χ2n) is 10.2. The van der Waals surface area contributed by atoms with Crippen molar-refractivity contribution in [2.24, 2.45) is 11.8 Å². The van der Waals surface area contributed by atoms with E-state index in [4.69, 9.17) is 9.47 Å². The van der Waals surface area contributed by atoms with Gasteiger partial charge < -0.3 is 24.8 Å². The maximum Gasteiger partial charge on any atom is 0.312 e. The number of nitrogens with zero attached hydrogens (tertiary/aromatic N) is 1. The normalized spacial score (nSPS) is 31.9. The number of carbonyl (C=O) groups is 3. The Morgan fingerprint density at radius 2 is 1.97 bits per heavy atom. The molecule has 3 aliphatic rings. The minimum Gasteiger partial charge on any atom is -0.466 e. The summed E-state index contributed by atoms with van der Waals surface area (Å²) in [6.07, 6.45) is 4.33. The smallest absolute Gasteiger partial charge is 0.312 e. The molecule has 2 bridgehead atoms. The van der Waals surface area contributed by atoms with Crippen LogP contribution in [0.4, 0.5) is 0 Å². The summed E-state index contributed by atoms with van der Waals surface area (Å²) >= 11 is 0. The second-order valence-corrected chi connectivity index (χ2v) is 10.2. The summed E-state index contributed by atoms with van der Waals surface area (Å²) < 4.78 is 11.9. The van der Waals surface area contributed by atoms with Crippen molar-refractivity contribution in [3.8, 4) is 0 Å². The molecule has 0 saturated carbocycles. The second kappa shape index (κ2) is 10.3. The molecule has 2 amide bonds. The number of ether oxygens (including phenoxy) is 2. The Kier molecular flexibility index (Phi) is 7.52. The molecule has 3 heterocycles. The van der Waals surface area contributed by atoms with Gasteiger partial charge in [-0.1, -0.05) is 50.1 Å². The molecule has 1 aromatic carbocycles. The summed E-state index contributed by atoms with van der Waals surface area (Å²) in [7, 11) is 0. The van der Waals surface area contributed by atoms with E-state index >= 15 is 0 Å². The average molecular weight is 487 g/mol. The van der Waals surface area contributed by atoms with Crippen molar-refractivity contribution in [2.45, 2.75) is 82.6 Å². The third-order valence-electron chi connectivity index (χ3n) is 8.00. The lowest BCUT2D eigenvalue weighted by atomic mass is 9.66. The summed E-state index contributed by atoms with van der Waals surface area (Å²) in [5.74, 6) is -2.63. The van der Waals surface area contributed by atoms with E-state index < -0.39 is 41.1 Å². The zero-order valence-corrected chi connectivity index (χ0v) is 21.0. The lowest BCUT2D eigenvalue weighted by Gasteiger charge is -2.37. The number of rotatable bonds is 11. The summed E-state index contributed by atoms with van der Waals surface area (Å²) in [6, 6.07) is 8.07. The van der Waals surface area contributed by atoms with Crippen LogP contribution in [0.25, 0.3) is 0 Å². The van der Waals surface area contributed by atoms with Crippen LogP contribution in [0.5, 0.6) is 0 Å². The van der Waals surface area contributed by atoms with Gasteiger partial charge in [-0.15, -0.1) is 0 Å². The molecule has 6 atom stereocenters. The van der Waals surface area contributed by atoms with Gasteiger partial charge in [0.1, 0.15) is 17.6 Å². The number of hydrogen-bond donors (Lipinski definition) is 2. The predicted molar refractivity (Wildman–Crippen MR) is 129 cm³/mol. The van der Waals surface area contributed by atoms with Crippen molar-refractivity contribution in [1.29, 1.82) is 0 Å². The Bertz CT molecular complexity index is 939. The lowest BCUT2D eigenvalue weighted by molar-refractivity contribution is -0.160. The van der Waals surface area contributed by atoms with Crippen LogP contribution in [0.1, 0.15) is 58.4 Å². The number of aliphatic hydroxyl groups is 1. The van der Waals surface area contributed by atoms with Crippen molar-refractivity contribution in [3.05, 3.63) is 35.9 Å². The van der Waals surface area contributed by atoms with E-state index in [9.17, 15) is 19.5 Å². The van der Waals surface area contributed by atoms with Crippen LogP contribution in [0, 0.1) is 11.8 Å². The van der Waals surface area contributed by atoms with Gasteiger partial charge in [0.2, 0.25) is 11.8 Å². The van der Waals surface area contributed by atoms with Crippen molar-refractivity contribution in [3.63, 3.8) is 0 Å². The molecule has 3 fully saturated rings. The SMILES string of the molecule is CCCCCNC(=O)C1N([C@@H](CO)Cc2ccccc2)C(=O)[C@@H]2[C@H](C(=O)OCC)[C@]3(C)CCC12O3. The van der Waals surface area contributed by atoms with Gasteiger partial charge in [0.05, 0.1) is 30.8 Å². The molecule has 0 aromatic heterocycles. The Labute approximate surface area is 207 Å². The highest BCUT2D eigenvalue weighted by atomic mass is 16.6. The third-order valence-corrected chi connectivity index (χ3v) is 8.00. The number of nitrogens with one attached hydrogen (secondary N) is 1. The molecule has 2 N–H and O–H groups in total. The number of likely N-dealkylation sites (tertiary alicyclic amines) is 1. The zero-order valence-electron chi connectivity index (χ0n) is 21.0. The summed E-state index contributed by atoms with van der Waals surface area (Å²) in [5, 5.41) is 13.4. The van der Waals surface area contributed by atoms with E-state index in [1.807, 2.05) is 37.3 Å². The molecule has 3 saturated heterocycles. The number of hydrogen-bond acceptors (Lipinski definition) is 6. The highest BCUT2D eigenvalue weighted by Crippen LogP contribution is 2.63. The maximum atomic E-state index is 14.1. The van der Waals surface area contributed by atoms with Gasteiger partial charge in [0.25, 0.3) is 0 Å². The number of esters is 1. The standard InChI is InChI=1S/C27H38N2O6/c1-4-6-10-15-28-23(31)22-27-14-13-26(3,35-27)21(25(33)34-5-2)20(27)24(32)29(22)19(17-30)16-18-11-8-7-9-12-18/h7-9,11-12,19-22,30H,4-6,10,13-17H2,1-3H3,(H,28,31)/t19-,20+,21-,22?,26+,27?/m1/s1. The maximum absolute atomic E-state index is 14.1. The van der Waals surface area contributed by atoms with Gasteiger partial charge in [-0.05, 0) is 45.1 Å². The van der Waals surface area contributed by atoms with Crippen LogP contribution in [-0.4, -0.2) is 70.8 Å². The van der Waals surface area contributed by atoms with Gasteiger partial charge >= 0.3 is 5.97 Å². The van der Waals surface area contributed by atoms with Crippen LogP contribution in [0.15, 0.2) is 30.3 Å². The highest BCUT2D eigenvalue weighted by Gasteiger charge is 2.78. The first kappa shape index (κ1) is 25.6. The average Bonchev–Trinajstić information content (AvgIpc) is 3.42. The molecule has 192 valence electrons. The molecule has 4 rings (SSSR count). The number of carbonyl (C=O) groups excluding carboxylic acids is 3. The molecule has 35 heavy (non-hydrogen) atoms. The number of fused-ring (bicyclic) bond motifs is 1. The summed E-state index contributed by atoms with van der Waals surface area (Å²) in [4.78, 5) is 42.3. The highest BCUT2D eigenvalue weighted by molar-refractivity contribution is 5.98. The fourth-order valence-corrected chi connectivity index (χ4v) is 6.47. The minimum atomic E-state index is -1.11. The monoisotopic (exact) mass is 486 g/mol. The molecule has 8 heteroatoms. The van der Waals surface area contributed by atoms with E-state index in [0.29, 0.717) is 25.8 Å². The number of aliphatic hydroxyl groups excluding tert-OH is 1. The molecule has 3 aliphatic heterocycles. The van der Waals surface area contributed by atoms with Gasteiger partial charge in [-0.3, -0.25) is 14.4 Å². The zero-order chi connectivity index (χ0) is 25.2. The summed E-state index contributed by atoms with van der Waals surface area (Å²) in [5.41, 5.74) is -1.01. The Morgan fingerprint density at radius 1 is 1.23 bits per heavy atom. The van der Waals surface area contributed by atoms with Crippen LogP contribution < -0.4 is 5.32 Å². The first-order chi connectivity index (χ1) is 16.8. The van der Waals surface area contributed by atoms with Gasteiger partial charge in [-0.25, -0.2) is 0 Å². The molecule has 2 unspecified atom stereocenters. The Balaban J connectivity index is 1.71. The van der Waals surface area contributed by atoms with E-state index in [-0.39, 0.29) is 25.0 Å². The third kappa shape index (κ3) is 4.35. The molecule has 8 nitrogen and oxygen atoms in total. The van der Waals surface area contributed by atoms with Crippen molar-refractivity contribution in [1.82, 2.24) is 10.2 Å². The fraction of sp³-hybridized carbons (Fsp3) is 0.667. The molecule has 1 aromatic rings. The quantitative estimate of drug-likeness (QED) is 0.367. The van der Waals surface area contributed by atoms with E-state index in [0.717, 1.165) is 24.8 Å². The van der Waals surface area contributed by atoms with E-state index in [1.165, 1.54) is 4.90 Å². The number of amides is 2. The molecule has 0 aliphatic carbocycles. The molecular formula is C27H38N2O6. The van der Waals surface area contributed by atoms with E-state index in [2.05, 4.69) is 12.2 Å². The number of unbranched alkanes of at least 4 members (excludes halogenated alkanes) is 2. The Hall–Kier alpha value is -2.45. The van der Waals surface area contributed by atoms with Gasteiger partial charge in [0, 0.05) is 6.54 Å². The van der Waals surface area contributed by atoms with Crippen LogP contribution >= 0.6 is 0 Å². The molecule has 0 radical (unpaired) electrons. The van der Waals surface area contributed by atoms with E-state index in [1.54, 1.807) is 6.92 Å². The predicted octanol–water partition coefficient (Wildman–Crippen LogP) is 2.22. The van der Waals surface area contributed by atoms with Crippen molar-refractivity contribution >= 4 is 17.8 Å². The van der Waals surface area contributed by atoms with Crippen LogP contribution in [0.3, 0.4) is 0 Å². The first-order valence-corrected chi connectivity index (χ1v) is 12.9. The molecule has 1 spiro atoms. The fourth-order valence-electron chi connectivity index (χ4n) is 6.47. The van der Waals surface area contributed by atoms with Crippen molar-refractivity contribution < 1.29 is 29.0 Å². The van der Waals surface area contributed by atoms with Crippen LogP contribution in [-0.2, 0) is 30.3 Å². The lowest BCUT2D eigenvalue weighted by Crippen LogP contribution is -2.58. The minimum absolute atomic E-state index is 0.206. The summed E-state index contributed by atoms with van der Waals surface area (Å²) in [6.45, 7) is 6.10. The van der Waals surface area contributed by atoms with Crippen LogP contribution in [0.2, 0.25) is 0 Å². The topological polar surface area (TPSA) is 105 Å². The Morgan fingerprint density at radius 3 is 2.63 bits per heavy atom. The number of benzene rings is 1. The molecular weight excluding hydrogens is 448 g/mol.